The van der Waals surface area contributed by atoms with Crippen LogP contribution in [0.25, 0.3) is 16.9 Å². The minimum atomic E-state index is -1.10. The van der Waals surface area contributed by atoms with Crippen LogP contribution in [0.4, 0.5) is 4.39 Å². The molecular weight excluding hydrogens is 321 g/mol. The number of carbonyl (C=O) groups is 1. The summed E-state index contributed by atoms with van der Waals surface area (Å²) in [6, 6.07) is 7.90. The van der Waals surface area contributed by atoms with Crippen LogP contribution < -0.4 is 0 Å². The molecule has 0 fully saturated rings. The fourth-order valence-corrected chi connectivity index (χ4v) is 2.39. The SMILES string of the molecule is CC.CC(C)(C)c1cc(-c2ccc(F)cc2)nn2cc(C(=O)O)nc12. The highest BCUT2D eigenvalue weighted by molar-refractivity contribution is 5.86. The maximum absolute atomic E-state index is 13.1. The summed E-state index contributed by atoms with van der Waals surface area (Å²) in [6.45, 7) is 10.1. The van der Waals surface area contributed by atoms with Gasteiger partial charge >= 0.3 is 5.97 Å². The molecule has 1 aromatic carbocycles. The van der Waals surface area contributed by atoms with E-state index in [4.69, 9.17) is 5.11 Å². The molecule has 0 unspecified atom stereocenters. The van der Waals surface area contributed by atoms with Gasteiger partial charge in [0.2, 0.25) is 0 Å². The van der Waals surface area contributed by atoms with Crippen molar-refractivity contribution in [1.29, 1.82) is 0 Å². The Labute approximate surface area is 146 Å². The van der Waals surface area contributed by atoms with Crippen LogP contribution in [0.5, 0.6) is 0 Å². The second-order valence-corrected chi connectivity index (χ2v) is 6.40. The van der Waals surface area contributed by atoms with E-state index < -0.39 is 5.97 Å². The van der Waals surface area contributed by atoms with Crippen LogP contribution >= 0.6 is 0 Å². The number of benzene rings is 1. The molecule has 0 aliphatic rings. The molecule has 0 amide bonds. The van der Waals surface area contributed by atoms with Crippen molar-refractivity contribution < 1.29 is 14.3 Å². The van der Waals surface area contributed by atoms with E-state index in [2.05, 4.69) is 10.1 Å². The Balaban J connectivity index is 0.00000109. The third kappa shape index (κ3) is 3.84. The lowest BCUT2D eigenvalue weighted by molar-refractivity contribution is 0.0691. The Morgan fingerprint density at radius 2 is 1.76 bits per heavy atom. The third-order valence-electron chi connectivity index (χ3n) is 3.59. The number of nitrogens with zero attached hydrogens (tertiary/aromatic N) is 3. The predicted molar refractivity (Wildman–Crippen MR) is 95.4 cm³/mol. The molecular formula is C19H22FN3O2. The number of rotatable bonds is 2. The topological polar surface area (TPSA) is 67.5 Å². The van der Waals surface area contributed by atoms with Crippen molar-refractivity contribution in [3.05, 3.63) is 53.6 Å². The van der Waals surface area contributed by atoms with Crippen LogP contribution in [0.15, 0.2) is 36.5 Å². The molecule has 0 aliphatic heterocycles. The van der Waals surface area contributed by atoms with E-state index in [-0.39, 0.29) is 16.9 Å². The highest BCUT2D eigenvalue weighted by Crippen LogP contribution is 2.29. The lowest BCUT2D eigenvalue weighted by Crippen LogP contribution is -2.14. The van der Waals surface area contributed by atoms with Crippen LogP contribution in [-0.4, -0.2) is 25.7 Å². The summed E-state index contributed by atoms with van der Waals surface area (Å²) in [5.41, 5.74) is 2.47. The summed E-state index contributed by atoms with van der Waals surface area (Å²) < 4.78 is 14.6. The zero-order valence-electron chi connectivity index (χ0n) is 15.0. The van der Waals surface area contributed by atoms with Gasteiger partial charge in [-0.1, -0.05) is 34.6 Å². The molecule has 2 heterocycles. The number of aromatic nitrogens is 3. The van der Waals surface area contributed by atoms with E-state index >= 15 is 0 Å². The predicted octanol–water partition coefficient (Wildman–Crippen LogP) is 4.56. The Hall–Kier alpha value is -2.76. The number of carboxylic acids is 1. The average molecular weight is 343 g/mol. The van der Waals surface area contributed by atoms with Gasteiger partial charge < -0.3 is 5.11 Å². The van der Waals surface area contributed by atoms with Crippen molar-refractivity contribution in [3.8, 4) is 11.3 Å². The highest BCUT2D eigenvalue weighted by atomic mass is 19.1. The smallest absolute Gasteiger partial charge is 0.356 e. The van der Waals surface area contributed by atoms with Gasteiger partial charge in [0.05, 0.1) is 11.9 Å². The maximum Gasteiger partial charge on any atom is 0.356 e. The Morgan fingerprint density at radius 1 is 1.16 bits per heavy atom. The standard InChI is InChI=1S/C17H16FN3O2.C2H6/c1-17(2,3)12-8-13(10-4-6-11(18)7-5-10)20-21-9-14(16(22)23)19-15(12)21;1-2/h4-9H,1-3H3,(H,22,23);1-2H3. The van der Waals surface area contributed by atoms with Crippen molar-refractivity contribution >= 4 is 11.6 Å². The lowest BCUT2D eigenvalue weighted by atomic mass is 9.87. The van der Waals surface area contributed by atoms with E-state index in [9.17, 15) is 9.18 Å². The number of aromatic carboxylic acids is 1. The molecule has 3 rings (SSSR count). The number of carboxylic acid groups (broad SMARTS) is 1. The summed E-state index contributed by atoms with van der Waals surface area (Å²) in [4.78, 5) is 15.3. The lowest BCUT2D eigenvalue weighted by Gasteiger charge is -2.20. The Morgan fingerprint density at radius 3 is 2.28 bits per heavy atom. The van der Waals surface area contributed by atoms with Crippen LogP contribution in [0.3, 0.4) is 0 Å². The van der Waals surface area contributed by atoms with Crippen LogP contribution in [-0.2, 0) is 5.41 Å². The van der Waals surface area contributed by atoms with Gasteiger partial charge in [0.1, 0.15) is 5.82 Å². The van der Waals surface area contributed by atoms with Gasteiger partial charge in [-0.05, 0) is 35.7 Å². The molecule has 2 aromatic heterocycles. The number of hydrogen-bond donors (Lipinski definition) is 1. The van der Waals surface area contributed by atoms with Gasteiger partial charge in [-0.25, -0.2) is 18.7 Å². The van der Waals surface area contributed by atoms with E-state index in [1.54, 1.807) is 12.1 Å². The first-order valence-corrected chi connectivity index (χ1v) is 8.16. The van der Waals surface area contributed by atoms with Crippen molar-refractivity contribution in [2.45, 2.75) is 40.0 Å². The summed E-state index contributed by atoms with van der Waals surface area (Å²) in [5.74, 6) is -1.42. The van der Waals surface area contributed by atoms with Crippen LogP contribution in [0, 0.1) is 5.82 Å². The molecule has 6 heteroatoms. The second kappa shape index (κ2) is 7.01. The third-order valence-corrected chi connectivity index (χ3v) is 3.59. The molecule has 0 saturated carbocycles. The molecule has 132 valence electrons. The minimum absolute atomic E-state index is 0.0562. The van der Waals surface area contributed by atoms with Crippen molar-refractivity contribution in [2.75, 3.05) is 0 Å². The van der Waals surface area contributed by atoms with Gasteiger partial charge in [0, 0.05) is 11.1 Å². The largest absolute Gasteiger partial charge is 0.476 e. The molecule has 25 heavy (non-hydrogen) atoms. The maximum atomic E-state index is 13.1. The minimum Gasteiger partial charge on any atom is -0.476 e. The summed E-state index contributed by atoms with van der Waals surface area (Å²) in [7, 11) is 0. The first-order valence-electron chi connectivity index (χ1n) is 8.16. The van der Waals surface area contributed by atoms with Crippen molar-refractivity contribution in [3.63, 3.8) is 0 Å². The number of imidazole rings is 1. The van der Waals surface area contributed by atoms with Crippen LogP contribution in [0.1, 0.15) is 50.7 Å². The highest BCUT2D eigenvalue weighted by Gasteiger charge is 2.22. The monoisotopic (exact) mass is 343 g/mol. The molecule has 5 nitrogen and oxygen atoms in total. The van der Waals surface area contributed by atoms with Crippen molar-refractivity contribution in [1.82, 2.24) is 14.6 Å². The van der Waals surface area contributed by atoms with E-state index in [0.717, 1.165) is 11.1 Å². The normalized spacial score (nSPS) is 11.1. The zero-order chi connectivity index (χ0) is 18.8. The van der Waals surface area contributed by atoms with E-state index in [0.29, 0.717) is 11.3 Å². The molecule has 0 atom stereocenters. The fraction of sp³-hybridized carbons (Fsp3) is 0.316. The van der Waals surface area contributed by atoms with Gasteiger partial charge in [-0.2, -0.15) is 5.10 Å². The first kappa shape index (κ1) is 18.6. The first-order chi connectivity index (χ1) is 11.8. The number of halogens is 1. The van der Waals surface area contributed by atoms with E-state index in [1.165, 1.54) is 22.8 Å². The van der Waals surface area contributed by atoms with Crippen LogP contribution in [0.2, 0.25) is 0 Å². The Kier molecular flexibility index (Phi) is 5.21. The molecule has 3 aromatic rings. The molecule has 0 saturated heterocycles. The summed E-state index contributed by atoms with van der Waals surface area (Å²) in [5, 5.41) is 13.6. The molecule has 0 aliphatic carbocycles. The zero-order valence-corrected chi connectivity index (χ0v) is 15.0. The molecule has 0 bridgehead atoms. The van der Waals surface area contributed by atoms with Gasteiger partial charge in [-0.15, -0.1) is 0 Å². The van der Waals surface area contributed by atoms with Crippen molar-refractivity contribution in [2.24, 2.45) is 0 Å². The molecule has 0 spiro atoms. The summed E-state index contributed by atoms with van der Waals surface area (Å²) in [6.07, 6.45) is 1.39. The number of fused-ring (bicyclic) bond motifs is 1. The van der Waals surface area contributed by atoms with Gasteiger partial charge in [-0.3, -0.25) is 0 Å². The number of hydrogen-bond acceptors (Lipinski definition) is 3. The molecule has 0 radical (unpaired) electrons. The van der Waals surface area contributed by atoms with E-state index in [1.807, 2.05) is 40.7 Å². The second-order valence-electron chi connectivity index (χ2n) is 6.40. The summed E-state index contributed by atoms with van der Waals surface area (Å²) >= 11 is 0. The molecule has 1 N–H and O–H groups in total. The Bertz CT molecular complexity index is 893. The van der Waals surface area contributed by atoms with Gasteiger partial charge in [0.25, 0.3) is 0 Å². The quantitative estimate of drug-likeness (QED) is 0.741. The fourth-order valence-electron chi connectivity index (χ4n) is 2.39. The average Bonchev–Trinajstić information content (AvgIpc) is 3.00. The van der Waals surface area contributed by atoms with Gasteiger partial charge in [0.15, 0.2) is 11.3 Å².